The summed E-state index contributed by atoms with van der Waals surface area (Å²) < 4.78 is 12.9. The van der Waals surface area contributed by atoms with Crippen LogP contribution in [0.2, 0.25) is 0 Å². The summed E-state index contributed by atoms with van der Waals surface area (Å²) in [6.07, 6.45) is 0.935. The Morgan fingerprint density at radius 2 is 2.21 bits per heavy atom. The summed E-state index contributed by atoms with van der Waals surface area (Å²) in [5, 5.41) is 0. The molecule has 0 saturated heterocycles. The molecule has 0 radical (unpaired) electrons. The van der Waals surface area contributed by atoms with Gasteiger partial charge in [0.15, 0.2) is 0 Å². The highest BCUT2D eigenvalue weighted by Gasteiger charge is 2.13. The van der Waals surface area contributed by atoms with Gasteiger partial charge in [-0.2, -0.15) is 0 Å². The van der Waals surface area contributed by atoms with E-state index in [1.807, 2.05) is 25.1 Å². The van der Waals surface area contributed by atoms with E-state index in [0.717, 1.165) is 42.2 Å². The molecule has 104 valence electrons. The van der Waals surface area contributed by atoms with Crippen LogP contribution < -0.4 is 4.74 Å². The minimum absolute atomic E-state index is 0.396. The van der Waals surface area contributed by atoms with Crippen LogP contribution in [0, 0.1) is 0 Å². The van der Waals surface area contributed by atoms with Gasteiger partial charge in [0.2, 0.25) is 0 Å². The number of alkyl halides is 1. The SMILES string of the molecule is CCOc1cccc2c1nc(CCl)n2CCCOC. The highest BCUT2D eigenvalue weighted by molar-refractivity contribution is 6.16. The summed E-state index contributed by atoms with van der Waals surface area (Å²) in [4.78, 5) is 4.59. The Labute approximate surface area is 118 Å². The third-order valence-electron chi connectivity index (χ3n) is 2.97. The Bertz CT molecular complexity index is 539. The van der Waals surface area contributed by atoms with E-state index >= 15 is 0 Å². The van der Waals surface area contributed by atoms with E-state index in [0.29, 0.717) is 12.5 Å². The molecule has 2 rings (SSSR count). The number of nitrogens with zero attached hydrogens (tertiary/aromatic N) is 2. The second-order valence-corrected chi connectivity index (χ2v) is 4.48. The van der Waals surface area contributed by atoms with Crippen molar-refractivity contribution in [2.75, 3.05) is 20.3 Å². The number of hydrogen-bond acceptors (Lipinski definition) is 3. The lowest BCUT2D eigenvalue weighted by Crippen LogP contribution is -2.04. The fraction of sp³-hybridized carbons (Fsp3) is 0.500. The lowest BCUT2D eigenvalue weighted by molar-refractivity contribution is 0.190. The molecule has 0 N–H and O–H groups in total. The molecule has 0 saturated carbocycles. The number of benzene rings is 1. The zero-order valence-electron chi connectivity index (χ0n) is 11.4. The molecule has 0 unspecified atom stereocenters. The van der Waals surface area contributed by atoms with Crippen molar-refractivity contribution in [2.45, 2.75) is 25.8 Å². The molecule has 0 fully saturated rings. The molecule has 1 aromatic heterocycles. The summed E-state index contributed by atoms with van der Waals surface area (Å²) in [6.45, 7) is 4.18. The molecule has 0 aliphatic heterocycles. The van der Waals surface area contributed by atoms with Crippen LogP contribution >= 0.6 is 11.6 Å². The predicted octanol–water partition coefficient (Wildman–Crippen LogP) is 3.21. The van der Waals surface area contributed by atoms with Crippen LogP contribution in [0.1, 0.15) is 19.2 Å². The normalized spacial score (nSPS) is 11.1. The number of aromatic nitrogens is 2. The predicted molar refractivity (Wildman–Crippen MR) is 77.0 cm³/mol. The van der Waals surface area contributed by atoms with Crippen LogP contribution in [0.5, 0.6) is 5.75 Å². The topological polar surface area (TPSA) is 36.3 Å². The lowest BCUT2D eigenvalue weighted by atomic mass is 10.3. The van der Waals surface area contributed by atoms with Gasteiger partial charge in [-0.1, -0.05) is 6.07 Å². The van der Waals surface area contributed by atoms with Gasteiger partial charge in [0, 0.05) is 20.3 Å². The molecule has 19 heavy (non-hydrogen) atoms. The van der Waals surface area contributed by atoms with Gasteiger partial charge in [-0.3, -0.25) is 0 Å². The Kier molecular flexibility index (Phi) is 5.05. The fourth-order valence-electron chi connectivity index (χ4n) is 2.16. The quantitative estimate of drug-likeness (QED) is 0.578. The number of fused-ring (bicyclic) bond motifs is 1. The standard InChI is InChI=1S/C14H19ClN2O2/c1-3-19-12-7-4-6-11-14(12)16-13(10-15)17(11)8-5-9-18-2/h4,6-7H,3,5,8-10H2,1-2H3. The smallest absolute Gasteiger partial charge is 0.147 e. The molecule has 0 spiro atoms. The summed E-state index contributed by atoms with van der Waals surface area (Å²) in [5.74, 6) is 2.09. The van der Waals surface area contributed by atoms with Gasteiger partial charge in [-0.25, -0.2) is 4.98 Å². The highest BCUT2D eigenvalue weighted by Crippen LogP contribution is 2.27. The Hall–Kier alpha value is -1.26. The van der Waals surface area contributed by atoms with E-state index < -0.39 is 0 Å². The van der Waals surface area contributed by atoms with Gasteiger partial charge >= 0.3 is 0 Å². The number of rotatable bonds is 7. The summed E-state index contributed by atoms with van der Waals surface area (Å²) in [6, 6.07) is 5.98. The van der Waals surface area contributed by atoms with Crippen LogP contribution in [0.15, 0.2) is 18.2 Å². The molecule has 0 atom stereocenters. The average Bonchev–Trinajstić information content (AvgIpc) is 2.79. The Balaban J connectivity index is 2.40. The number of aryl methyl sites for hydroxylation is 1. The van der Waals surface area contributed by atoms with E-state index in [9.17, 15) is 0 Å². The third kappa shape index (κ3) is 3.01. The Morgan fingerprint density at radius 1 is 1.37 bits per heavy atom. The monoisotopic (exact) mass is 282 g/mol. The maximum atomic E-state index is 5.99. The second kappa shape index (κ2) is 6.78. The van der Waals surface area contributed by atoms with Gasteiger partial charge in [0.25, 0.3) is 0 Å². The molecular formula is C14H19ClN2O2. The molecule has 0 aliphatic rings. The molecule has 2 aromatic rings. The van der Waals surface area contributed by atoms with Crippen molar-refractivity contribution in [2.24, 2.45) is 0 Å². The van der Waals surface area contributed by atoms with Gasteiger partial charge in [0.1, 0.15) is 17.1 Å². The first-order valence-corrected chi connectivity index (χ1v) is 7.01. The van der Waals surface area contributed by atoms with E-state index in [2.05, 4.69) is 9.55 Å². The van der Waals surface area contributed by atoms with Crippen molar-refractivity contribution >= 4 is 22.6 Å². The van der Waals surface area contributed by atoms with Crippen molar-refractivity contribution in [1.82, 2.24) is 9.55 Å². The number of methoxy groups -OCH3 is 1. The average molecular weight is 283 g/mol. The molecule has 0 amide bonds. The Morgan fingerprint density at radius 3 is 2.89 bits per heavy atom. The van der Waals surface area contributed by atoms with Gasteiger partial charge in [-0.05, 0) is 25.5 Å². The molecule has 1 heterocycles. The maximum Gasteiger partial charge on any atom is 0.147 e. The van der Waals surface area contributed by atoms with E-state index in [1.165, 1.54) is 0 Å². The van der Waals surface area contributed by atoms with E-state index in [1.54, 1.807) is 7.11 Å². The zero-order valence-corrected chi connectivity index (χ0v) is 12.1. The van der Waals surface area contributed by atoms with Crippen LogP contribution in [0.25, 0.3) is 11.0 Å². The van der Waals surface area contributed by atoms with Crippen molar-refractivity contribution in [3.8, 4) is 5.75 Å². The largest absolute Gasteiger partial charge is 0.492 e. The highest BCUT2D eigenvalue weighted by atomic mass is 35.5. The summed E-state index contributed by atoms with van der Waals surface area (Å²) >= 11 is 5.99. The number of imidazole rings is 1. The van der Waals surface area contributed by atoms with E-state index in [4.69, 9.17) is 21.1 Å². The fourth-order valence-corrected chi connectivity index (χ4v) is 2.36. The van der Waals surface area contributed by atoms with Crippen molar-refractivity contribution in [3.63, 3.8) is 0 Å². The van der Waals surface area contributed by atoms with Crippen molar-refractivity contribution in [3.05, 3.63) is 24.0 Å². The number of halogens is 1. The second-order valence-electron chi connectivity index (χ2n) is 4.22. The molecule has 0 bridgehead atoms. The van der Waals surface area contributed by atoms with E-state index in [-0.39, 0.29) is 0 Å². The first-order valence-electron chi connectivity index (χ1n) is 6.47. The van der Waals surface area contributed by atoms with Crippen LogP contribution in [-0.2, 0) is 17.2 Å². The molecular weight excluding hydrogens is 264 g/mol. The number of para-hydroxylation sites is 1. The zero-order chi connectivity index (χ0) is 13.7. The van der Waals surface area contributed by atoms with Gasteiger partial charge in [0.05, 0.1) is 18.0 Å². The van der Waals surface area contributed by atoms with Gasteiger partial charge < -0.3 is 14.0 Å². The maximum absolute atomic E-state index is 5.99. The first-order chi connectivity index (χ1) is 9.31. The minimum Gasteiger partial charge on any atom is -0.492 e. The number of ether oxygens (including phenoxy) is 2. The molecule has 1 aromatic carbocycles. The first kappa shape index (κ1) is 14.2. The van der Waals surface area contributed by atoms with Crippen LogP contribution in [0.4, 0.5) is 0 Å². The van der Waals surface area contributed by atoms with Crippen molar-refractivity contribution < 1.29 is 9.47 Å². The van der Waals surface area contributed by atoms with Crippen LogP contribution in [0.3, 0.4) is 0 Å². The van der Waals surface area contributed by atoms with Crippen molar-refractivity contribution in [1.29, 1.82) is 0 Å². The number of hydrogen-bond donors (Lipinski definition) is 0. The third-order valence-corrected chi connectivity index (χ3v) is 3.21. The summed E-state index contributed by atoms with van der Waals surface area (Å²) in [5.41, 5.74) is 1.95. The summed E-state index contributed by atoms with van der Waals surface area (Å²) in [7, 11) is 1.71. The van der Waals surface area contributed by atoms with Gasteiger partial charge in [-0.15, -0.1) is 11.6 Å². The van der Waals surface area contributed by atoms with Crippen LogP contribution in [-0.4, -0.2) is 29.9 Å². The molecule has 0 aliphatic carbocycles. The molecule has 5 heteroatoms. The lowest BCUT2D eigenvalue weighted by Gasteiger charge is -2.07. The minimum atomic E-state index is 0.396. The molecule has 4 nitrogen and oxygen atoms in total.